The van der Waals surface area contributed by atoms with E-state index in [0.29, 0.717) is 6.61 Å². The molecule has 1 aromatic rings. The largest absolute Gasteiger partial charge is 0.487 e. The molecule has 0 atom stereocenters. The first kappa shape index (κ1) is 15.2. The molecule has 0 aromatic heterocycles. The van der Waals surface area contributed by atoms with Crippen LogP contribution in [0.2, 0.25) is 0 Å². The highest BCUT2D eigenvalue weighted by molar-refractivity contribution is 14.1. The van der Waals surface area contributed by atoms with Crippen LogP contribution in [0, 0.1) is 7.14 Å². The van der Waals surface area contributed by atoms with E-state index < -0.39 is 0 Å². The van der Waals surface area contributed by atoms with Gasteiger partial charge in [0, 0.05) is 0 Å². The molecule has 0 aliphatic rings. The average Bonchev–Trinajstić information content (AvgIpc) is 2.27. The zero-order chi connectivity index (χ0) is 13.5. The SMILES string of the molecule is C=CCOc1c(I)cc(/C=N/N=C(N)N)cc1I. The fourth-order valence-electron chi connectivity index (χ4n) is 1.10. The Balaban J connectivity index is 2.95. The van der Waals surface area contributed by atoms with Gasteiger partial charge in [-0.25, -0.2) is 0 Å². The quantitative estimate of drug-likeness (QED) is 0.227. The van der Waals surface area contributed by atoms with E-state index in [1.165, 1.54) is 0 Å². The molecule has 0 bridgehead atoms. The number of hydrogen-bond acceptors (Lipinski definition) is 3. The van der Waals surface area contributed by atoms with Gasteiger partial charge < -0.3 is 16.2 Å². The van der Waals surface area contributed by atoms with Gasteiger partial charge in [0.25, 0.3) is 0 Å². The van der Waals surface area contributed by atoms with Crippen molar-refractivity contribution in [2.45, 2.75) is 0 Å². The van der Waals surface area contributed by atoms with Crippen LogP contribution in [-0.2, 0) is 0 Å². The molecule has 0 aliphatic heterocycles. The van der Waals surface area contributed by atoms with Crippen molar-refractivity contribution in [1.29, 1.82) is 0 Å². The van der Waals surface area contributed by atoms with E-state index in [1.54, 1.807) is 12.3 Å². The van der Waals surface area contributed by atoms with E-state index >= 15 is 0 Å². The summed E-state index contributed by atoms with van der Waals surface area (Å²) in [6, 6.07) is 3.87. The van der Waals surface area contributed by atoms with Gasteiger partial charge in [-0.1, -0.05) is 12.7 Å². The van der Waals surface area contributed by atoms with E-state index in [4.69, 9.17) is 16.2 Å². The number of guanidine groups is 1. The van der Waals surface area contributed by atoms with Crippen LogP contribution >= 0.6 is 45.2 Å². The molecule has 0 radical (unpaired) electrons. The summed E-state index contributed by atoms with van der Waals surface area (Å²) in [4.78, 5) is 0. The third kappa shape index (κ3) is 4.80. The van der Waals surface area contributed by atoms with Crippen molar-refractivity contribution in [3.8, 4) is 5.75 Å². The van der Waals surface area contributed by atoms with Crippen molar-refractivity contribution < 1.29 is 4.74 Å². The summed E-state index contributed by atoms with van der Waals surface area (Å²) < 4.78 is 7.56. The molecule has 0 amide bonds. The molecule has 0 saturated carbocycles. The van der Waals surface area contributed by atoms with Crippen LogP contribution in [0.1, 0.15) is 5.56 Å². The summed E-state index contributed by atoms with van der Waals surface area (Å²) in [5.74, 6) is 0.775. The lowest BCUT2D eigenvalue weighted by Crippen LogP contribution is -2.21. The molecule has 18 heavy (non-hydrogen) atoms. The van der Waals surface area contributed by atoms with Crippen molar-refractivity contribution in [1.82, 2.24) is 0 Å². The summed E-state index contributed by atoms with van der Waals surface area (Å²) in [7, 11) is 0. The maximum absolute atomic E-state index is 5.57. The maximum atomic E-state index is 5.57. The number of hydrogen-bond donors (Lipinski definition) is 2. The monoisotopic (exact) mass is 470 g/mol. The zero-order valence-electron chi connectivity index (χ0n) is 9.44. The Morgan fingerprint density at radius 3 is 2.44 bits per heavy atom. The molecule has 0 heterocycles. The molecule has 7 heteroatoms. The third-order valence-electron chi connectivity index (χ3n) is 1.75. The molecule has 96 valence electrons. The first-order valence-electron chi connectivity index (χ1n) is 4.89. The second kappa shape index (κ2) is 7.56. The normalized spacial score (nSPS) is 10.3. The summed E-state index contributed by atoms with van der Waals surface area (Å²) in [6.45, 7) is 4.10. The number of ether oxygens (including phenoxy) is 1. The Morgan fingerprint density at radius 1 is 1.33 bits per heavy atom. The van der Waals surface area contributed by atoms with Gasteiger partial charge in [0.05, 0.1) is 13.4 Å². The number of nitrogens with two attached hydrogens (primary N) is 2. The van der Waals surface area contributed by atoms with Crippen LogP contribution in [0.3, 0.4) is 0 Å². The topological polar surface area (TPSA) is 86.0 Å². The highest BCUT2D eigenvalue weighted by Gasteiger charge is 2.07. The van der Waals surface area contributed by atoms with Gasteiger partial charge in [0.1, 0.15) is 12.4 Å². The van der Waals surface area contributed by atoms with E-state index in [1.807, 2.05) is 12.1 Å². The molecule has 4 N–H and O–H groups in total. The van der Waals surface area contributed by atoms with Gasteiger partial charge in [-0.2, -0.15) is 5.10 Å². The lowest BCUT2D eigenvalue weighted by molar-refractivity contribution is 0.358. The summed E-state index contributed by atoms with van der Waals surface area (Å²) in [5, 5.41) is 7.31. The van der Waals surface area contributed by atoms with E-state index in [9.17, 15) is 0 Å². The fourth-order valence-corrected chi connectivity index (χ4v) is 3.22. The summed E-state index contributed by atoms with van der Waals surface area (Å²) in [5.41, 5.74) is 11.3. The average molecular weight is 470 g/mol. The van der Waals surface area contributed by atoms with Crippen molar-refractivity contribution in [3.63, 3.8) is 0 Å². The highest BCUT2D eigenvalue weighted by Crippen LogP contribution is 2.28. The van der Waals surface area contributed by atoms with Crippen LogP contribution in [0.25, 0.3) is 0 Å². The summed E-state index contributed by atoms with van der Waals surface area (Å²) in [6.07, 6.45) is 3.29. The molecule has 5 nitrogen and oxygen atoms in total. The number of halogens is 2. The first-order valence-corrected chi connectivity index (χ1v) is 7.05. The molecule has 0 aliphatic carbocycles. The van der Waals surface area contributed by atoms with Crippen LogP contribution in [0.5, 0.6) is 5.75 Å². The molecule has 0 saturated heterocycles. The van der Waals surface area contributed by atoms with Gasteiger partial charge in [-0.15, -0.1) is 5.10 Å². The minimum Gasteiger partial charge on any atom is -0.487 e. The van der Waals surface area contributed by atoms with E-state index in [-0.39, 0.29) is 5.96 Å². The smallest absolute Gasteiger partial charge is 0.211 e. The Labute approximate surface area is 133 Å². The summed E-state index contributed by atoms with van der Waals surface area (Å²) >= 11 is 4.41. The zero-order valence-corrected chi connectivity index (χ0v) is 13.8. The number of nitrogens with zero attached hydrogens (tertiary/aromatic N) is 2. The van der Waals surface area contributed by atoms with Gasteiger partial charge >= 0.3 is 0 Å². The van der Waals surface area contributed by atoms with Gasteiger partial charge in [0.2, 0.25) is 5.96 Å². The van der Waals surface area contributed by atoms with E-state index in [2.05, 4.69) is 62.0 Å². The lowest BCUT2D eigenvalue weighted by atomic mass is 10.2. The Bertz CT molecular complexity index is 473. The molecular weight excluding hydrogens is 458 g/mol. The molecule has 0 unspecified atom stereocenters. The first-order chi connectivity index (χ1) is 8.54. The predicted molar refractivity (Wildman–Crippen MR) is 91.0 cm³/mol. The van der Waals surface area contributed by atoms with Crippen molar-refractivity contribution in [3.05, 3.63) is 37.5 Å². The Morgan fingerprint density at radius 2 is 1.94 bits per heavy atom. The van der Waals surface area contributed by atoms with Crippen LogP contribution in [0.4, 0.5) is 0 Å². The molecule has 1 rings (SSSR count). The minimum absolute atomic E-state index is 0.0680. The van der Waals surface area contributed by atoms with Crippen LogP contribution < -0.4 is 16.2 Å². The second-order valence-electron chi connectivity index (χ2n) is 3.18. The standard InChI is InChI=1S/C11H12I2N4O/c1-2-3-18-10-8(12)4-7(5-9(10)13)6-16-17-11(14)15/h2,4-6H,1,3H2,(H4,14,15,17)/b16-6+. The van der Waals surface area contributed by atoms with Crippen molar-refractivity contribution >= 4 is 57.4 Å². The number of rotatable bonds is 5. The Kier molecular flexibility index (Phi) is 6.39. The minimum atomic E-state index is -0.0680. The molecule has 0 spiro atoms. The van der Waals surface area contributed by atoms with Crippen molar-refractivity contribution in [2.24, 2.45) is 21.7 Å². The van der Waals surface area contributed by atoms with Gasteiger partial charge in [-0.3, -0.25) is 0 Å². The second-order valence-corrected chi connectivity index (χ2v) is 5.51. The Hall–Kier alpha value is -0.840. The van der Waals surface area contributed by atoms with Crippen molar-refractivity contribution in [2.75, 3.05) is 6.61 Å². The third-order valence-corrected chi connectivity index (χ3v) is 3.35. The predicted octanol–water partition coefficient (Wildman–Crippen LogP) is 2.07. The fraction of sp³-hybridized carbons (Fsp3) is 0.0909. The maximum Gasteiger partial charge on any atom is 0.211 e. The highest BCUT2D eigenvalue weighted by atomic mass is 127. The van der Waals surface area contributed by atoms with Crippen LogP contribution in [-0.4, -0.2) is 18.8 Å². The number of benzene rings is 1. The van der Waals surface area contributed by atoms with Gasteiger partial charge in [-0.05, 0) is 62.9 Å². The van der Waals surface area contributed by atoms with Crippen LogP contribution in [0.15, 0.2) is 35.0 Å². The van der Waals surface area contributed by atoms with E-state index in [0.717, 1.165) is 18.5 Å². The molecule has 1 aromatic carbocycles. The molecular formula is C11H12I2N4O. The molecule has 0 fully saturated rings. The lowest BCUT2D eigenvalue weighted by Gasteiger charge is -2.09. The van der Waals surface area contributed by atoms with Gasteiger partial charge in [0.15, 0.2) is 0 Å².